The van der Waals surface area contributed by atoms with Gasteiger partial charge in [-0.25, -0.2) is 15.8 Å². The number of hydrogen-bond acceptors (Lipinski definition) is 6. The highest BCUT2D eigenvalue weighted by Crippen LogP contribution is 2.29. The van der Waals surface area contributed by atoms with Gasteiger partial charge in [0.05, 0.1) is 7.11 Å². The quantitative estimate of drug-likeness (QED) is 0.496. The Morgan fingerprint density at radius 1 is 1.32 bits per heavy atom. The molecular weight excluding hydrogens is 260 g/mol. The Balaban J connectivity index is 2.26. The first-order valence-corrected chi connectivity index (χ1v) is 6.73. The van der Waals surface area contributed by atoms with Gasteiger partial charge in [-0.3, -0.25) is 0 Å². The van der Waals surface area contributed by atoms with Crippen molar-refractivity contribution in [3.05, 3.63) is 36.2 Å². The molecule has 0 fully saturated rings. The number of rotatable bonds is 5. The van der Waals surface area contributed by atoms with Crippen molar-refractivity contribution in [2.24, 2.45) is 5.84 Å². The minimum atomic E-state index is 0.622. The zero-order chi connectivity index (χ0) is 13.7. The number of anilines is 1. The third-order valence-electron chi connectivity index (χ3n) is 2.48. The maximum Gasteiger partial charge on any atom is 0.144 e. The molecule has 6 heteroatoms. The summed E-state index contributed by atoms with van der Waals surface area (Å²) in [5.41, 5.74) is 2.56. The number of benzene rings is 1. The zero-order valence-electron chi connectivity index (χ0n) is 10.9. The lowest BCUT2D eigenvalue weighted by atomic mass is 10.3. The normalized spacial score (nSPS) is 10.3. The van der Waals surface area contributed by atoms with E-state index in [9.17, 15) is 0 Å². The van der Waals surface area contributed by atoms with Crippen molar-refractivity contribution in [1.29, 1.82) is 0 Å². The lowest BCUT2D eigenvalue weighted by Gasteiger charge is -2.07. The van der Waals surface area contributed by atoms with E-state index in [1.807, 2.05) is 37.3 Å². The number of aromatic nitrogens is 2. The monoisotopic (exact) mass is 276 g/mol. The highest BCUT2D eigenvalue weighted by atomic mass is 32.2. The fraction of sp³-hybridized carbons (Fsp3) is 0.231. The molecule has 1 aromatic carbocycles. The SMILES string of the molecule is CCc1nc(NN)cc(Sc2cccc(OC)c2)n1. The van der Waals surface area contributed by atoms with Crippen LogP contribution in [0.2, 0.25) is 0 Å². The van der Waals surface area contributed by atoms with Crippen LogP contribution in [0, 0.1) is 0 Å². The number of methoxy groups -OCH3 is 1. The first kappa shape index (κ1) is 13.6. The first-order valence-electron chi connectivity index (χ1n) is 5.91. The van der Waals surface area contributed by atoms with Gasteiger partial charge in [0.1, 0.15) is 22.4 Å². The third-order valence-corrected chi connectivity index (χ3v) is 3.38. The molecule has 19 heavy (non-hydrogen) atoms. The predicted molar refractivity (Wildman–Crippen MR) is 76.3 cm³/mol. The van der Waals surface area contributed by atoms with Gasteiger partial charge in [0.2, 0.25) is 0 Å². The molecule has 0 saturated heterocycles. The minimum absolute atomic E-state index is 0.622. The van der Waals surface area contributed by atoms with Crippen LogP contribution in [0.4, 0.5) is 5.82 Å². The molecule has 0 saturated carbocycles. The standard InChI is InChI=1S/C13H16N4OS/c1-3-11-15-12(17-14)8-13(16-11)19-10-6-4-5-9(7-10)18-2/h4-8H,3,14H2,1-2H3,(H,15,16,17). The predicted octanol–water partition coefficient (Wildman–Crippen LogP) is 2.48. The smallest absolute Gasteiger partial charge is 0.144 e. The van der Waals surface area contributed by atoms with Gasteiger partial charge in [0.15, 0.2) is 0 Å². The summed E-state index contributed by atoms with van der Waals surface area (Å²) in [5, 5.41) is 0.855. The van der Waals surface area contributed by atoms with Gasteiger partial charge >= 0.3 is 0 Å². The maximum atomic E-state index is 5.41. The maximum absolute atomic E-state index is 5.41. The molecule has 0 aliphatic heterocycles. The van der Waals surface area contributed by atoms with Crippen LogP contribution in [-0.2, 0) is 6.42 Å². The van der Waals surface area contributed by atoms with Crippen LogP contribution < -0.4 is 16.0 Å². The molecule has 1 aromatic heterocycles. The summed E-state index contributed by atoms with van der Waals surface area (Å²) in [7, 11) is 1.65. The van der Waals surface area contributed by atoms with Crippen LogP contribution in [0.15, 0.2) is 40.3 Å². The molecule has 100 valence electrons. The van der Waals surface area contributed by atoms with E-state index in [4.69, 9.17) is 10.6 Å². The summed E-state index contributed by atoms with van der Waals surface area (Å²) >= 11 is 1.55. The fourth-order valence-corrected chi connectivity index (χ4v) is 2.43. The fourth-order valence-electron chi connectivity index (χ4n) is 1.54. The van der Waals surface area contributed by atoms with Crippen LogP contribution in [0.5, 0.6) is 5.75 Å². The molecular formula is C13H16N4OS. The van der Waals surface area contributed by atoms with Gasteiger partial charge in [-0.1, -0.05) is 24.8 Å². The summed E-state index contributed by atoms with van der Waals surface area (Å²) in [4.78, 5) is 9.78. The number of nitrogens with zero attached hydrogens (tertiary/aromatic N) is 2. The van der Waals surface area contributed by atoms with Gasteiger partial charge in [0.25, 0.3) is 0 Å². The average molecular weight is 276 g/mol. The minimum Gasteiger partial charge on any atom is -0.497 e. The average Bonchev–Trinajstić information content (AvgIpc) is 2.47. The molecule has 0 atom stereocenters. The van der Waals surface area contributed by atoms with Gasteiger partial charge < -0.3 is 10.2 Å². The molecule has 0 aliphatic rings. The number of hydrogen-bond donors (Lipinski definition) is 2. The van der Waals surface area contributed by atoms with Crippen molar-refractivity contribution >= 4 is 17.6 Å². The summed E-state index contributed by atoms with van der Waals surface area (Å²) in [6.45, 7) is 2.01. The number of nitrogen functional groups attached to an aromatic ring is 1. The second-order valence-corrected chi connectivity index (χ2v) is 4.88. The Morgan fingerprint density at radius 3 is 2.84 bits per heavy atom. The number of nitrogens with one attached hydrogen (secondary N) is 1. The molecule has 0 radical (unpaired) electrons. The molecule has 0 aliphatic carbocycles. The highest BCUT2D eigenvalue weighted by Gasteiger charge is 2.05. The van der Waals surface area contributed by atoms with Gasteiger partial charge in [-0.15, -0.1) is 0 Å². The first-order chi connectivity index (χ1) is 9.25. The lowest BCUT2D eigenvalue weighted by Crippen LogP contribution is -2.10. The van der Waals surface area contributed by atoms with E-state index in [1.165, 1.54) is 0 Å². The van der Waals surface area contributed by atoms with Crippen molar-refractivity contribution in [2.75, 3.05) is 12.5 Å². The van der Waals surface area contributed by atoms with Crippen LogP contribution >= 0.6 is 11.8 Å². The largest absolute Gasteiger partial charge is 0.497 e. The van der Waals surface area contributed by atoms with Crippen molar-refractivity contribution in [2.45, 2.75) is 23.3 Å². The van der Waals surface area contributed by atoms with E-state index in [0.29, 0.717) is 5.82 Å². The molecule has 0 bridgehead atoms. The second-order valence-electron chi connectivity index (χ2n) is 3.79. The van der Waals surface area contributed by atoms with Gasteiger partial charge in [-0.05, 0) is 18.2 Å². The Labute approximate surface area is 116 Å². The third kappa shape index (κ3) is 3.59. The van der Waals surface area contributed by atoms with Gasteiger partial charge in [0, 0.05) is 17.4 Å². The lowest BCUT2D eigenvalue weighted by molar-refractivity contribution is 0.413. The molecule has 5 nitrogen and oxygen atoms in total. The molecule has 2 rings (SSSR count). The van der Waals surface area contributed by atoms with E-state index < -0.39 is 0 Å². The Morgan fingerprint density at radius 2 is 2.16 bits per heavy atom. The number of hydrazine groups is 1. The van der Waals surface area contributed by atoms with Crippen molar-refractivity contribution < 1.29 is 4.74 Å². The van der Waals surface area contributed by atoms with E-state index >= 15 is 0 Å². The summed E-state index contributed by atoms with van der Waals surface area (Å²) in [6.07, 6.45) is 0.765. The topological polar surface area (TPSA) is 73.1 Å². The molecule has 2 aromatic rings. The Hall–Kier alpha value is -1.79. The van der Waals surface area contributed by atoms with Crippen LogP contribution in [0.1, 0.15) is 12.7 Å². The Bertz CT molecular complexity index is 540. The highest BCUT2D eigenvalue weighted by molar-refractivity contribution is 7.99. The van der Waals surface area contributed by atoms with Crippen LogP contribution in [0.3, 0.4) is 0 Å². The van der Waals surface area contributed by atoms with Crippen LogP contribution in [-0.4, -0.2) is 17.1 Å². The molecule has 0 spiro atoms. The van der Waals surface area contributed by atoms with Gasteiger partial charge in [-0.2, -0.15) is 0 Å². The molecule has 0 amide bonds. The second kappa shape index (κ2) is 6.40. The summed E-state index contributed by atoms with van der Waals surface area (Å²) in [5.74, 6) is 7.62. The number of nitrogens with two attached hydrogens (primary N) is 1. The number of ether oxygens (including phenoxy) is 1. The Kier molecular flexibility index (Phi) is 4.59. The summed E-state index contributed by atoms with van der Waals surface area (Å²) in [6, 6.07) is 9.66. The van der Waals surface area contributed by atoms with Crippen molar-refractivity contribution in [1.82, 2.24) is 9.97 Å². The molecule has 3 N–H and O–H groups in total. The van der Waals surface area contributed by atoms with Crippen LogP contribution in [0.25, 0.3) is 0 Å². The number of aryl methyl sites for hydroxylation is 1. The van der Waals surface area contributed by atoms with Crippen molar-refractivity contribution in [3.63, 3.8) is 0 Å². The van der Waals surface area contributed by atoms with E-state index in [1.54, 1.807) is 18.9 Å². The van der Waals surface area contributed by atoms with E-state index in [0.717, 1.165) is 27.9 Å². The zero-order valence-corrected chi connectivity index (χ0v) is 11.7. The van der Waals surface area contributed by atoms with E-state index in [2.05, 4.69) is 15.4 Å². The molecule has 0 unspecified atom stereocenters. The summed E-state index contributed by atoms with van der Waals surface area (Å²) < 4.78 is 5.20. The molecule has 1 heterocycles. The van der Waals surface area contributed by atoms with E-state index in [-0.39, 0.29) is 0 Å². The van der Waals surface area contributed by atoms with Crippen molar-refractivity contribution in [3.8, 4) is 5.75 Å².